The summed E-state index contributed by atoms with van der Waals surface area (Å²) in [5, 5.41) is 1.11. The highest BCUT2D eigenvalue weighted by Gasteiger charge is 2.15. The summed E-state index contributed by atoms with van der Waals surface area (Å²) in [6.45, 7) is 6.43. The van der Waals surface area contributed by atoms with Gasteiger partial charge in [0.05, 0.1) is 5.01 Å². The summed E-state index contributed by atoms with van der Waals surface area (Å²) >= 11 is 1.71. The van der Waals surface area contributed by atoms with Crippen LogP contribution in [0.1, 0.15) is 42.6 Å². The molecule has 0 fully saturated rings. The van der Waals surface area contributed by atoms with Gasteiger partial charge in [-0.2, -0.15) is 0 Å². The topological polar surface area (TPSA) is 38.9 Å². The lowest BCUT2D eigenvalue weighted by Crippen LogP contribution is -2.17. The molecule has 0 bridgehead atoms. The maximum Gasteiger partial charge on any atom is 0.0897 e. The van der Waals surface area contributed by atoms with Crippen molar-refractivity contribution in [2.45, 2.75) is 39.7 Å². The summed E-state index contributed by atoms with van der Waals surface area (Å²) < 4.78 is 0. The number of aryl methyl sites for hydroxylation is 1. The van der Waals surface area contributed by atoms with Gasteiger partial charge in [-0.25, -0.2) is 4.98 Å². The highest BCUT2D eigenvalue weighted by Crippen LogP contribution is 2.26. The van der Waals surface area contributed by atoms with Crippen LogP contribution >= 0.6 is 11.3 Å². The number of aromatic nitrogens is 1. The molecular formula is C10H18N2S. The quantitative estimate of drug-likeness (QED) is 0.808. The van der Waals surface area contributed by atoms with Crippen molar-refractivity contribution >= 4 is 11.3 Å². The molecule has 0 spiro atoms. The molecule has 3 heteroatoms. The average Bonchev–Trinajstić information content (AvgIpc) is 2.51. The van der Waals surface area contributed by atoms with E-state index in [-0.39, 0.29) is 6.04 Å². The van der Waals surface area contributed by atoms with Crippen LogP contribution < -0.4 is 5.73 Å². The SMILES string of the molecule is CCCC(C)C(N)c1cnc(C)s1. The van der Waals surface area contributed by atoms with E-state index in [0.29, 0.717) is 5.92 Å². The molecule has 74 valence electrons. The summed E-state index contributed by atoms with van der Waals surface area (Å²) in [7, 11) is 0. The molecule has 0 aliphatic rings. The van der Waals surface area contributed by atoms with Crippen LogP contribution in [0.4, 0.5) is 0 Å². The fourth-order valence-corrected chi connectivity index (χ4v) is 2.37. The lowest BCUT2D eigenvalue weighted by molar-refractivity contribution is 0.438. The number of hydrogen-bond acceptors (Lipinski definition) is 3. The lowest BCUT2D eigenvalue weighted by Gasteiger charge is -2.16. The van der Waals surface area contributed by atoms with Gasteiger partial charge in [-0.1, -0.05) is 20.3 Å². The number of nitrogens with zero attached hydrogens (tertiary/aromatic N) is 1. The molecule has 13 heavy (non-hydrogen) atoms. The molecule has 1 rings (SSSR count). The molecule has 0 amide bonds. The van der Waals surface area contributed by atoms with E-state index < -0.39 is 0 Å². The highest BCUT2D eigenvalue weighted by molar-refractivity contribution is 7.11. The van der Waals surface area contributed by atoms with E-state index in [4.69, 9.17) is 5.73 Å². The van der Waals surface area contributed by atoms with Gasteiger partial charge < -0.3 is 5.73 Å². The Hall–Kier alpha value is -0.410. The summed E-state index contributed by atoms with van der Waals surface area (Å²) in [6, 6.07) is 0.172. The van der Waals surface area contributed by atoms with Crippen LogP contribution in [-0.4, -0.2) is 4.98 Å². The van der Waals surface area contributed by atoms with Crippen molar-refractivity contribution in [2.75, 3.05) is 0 Å². The van der Waals surface area contributed by atoms with Crippen LogP contribution in [0.3, 0.4) is 0 Å². The first-order valence-corrected chi connectivity index (χ1v) is 5.64. The van der Waals surface area contributed by atoms with Crippen LogP contribution in [0.25, 0.3) is 0 Å². The molecule has 0 saturated carbocycles. The van der Waals surface area contributed by atoms with Crippen LogP contribution in [-0.2, 0) is 0 Å². The summed E-state index contributed by atoms with van der Waals surface area (Å²) in [6.07, 6.45) is 4.31. The van der Waals surface area contributed by atoms with Gasteiger partial charge in [0.25, 0.3) is 0 Å². The second-order valence-electron chi connectivity index (χ2n) is 3.57. The lowest BCUT2D eigenvalue weighted by atomic mass is 9.97. The van der Waals surface area contributed by atoms with Crippen LogP contribution in [0.15, 0.2) is 6.20 Å². The Kier molecular flexibility index (Phi) is 3.88. The number of nitrogens with two attached hydrogens (primary N) is 1. The number of rotatable bonds is 4. The fourth-order valence-electron chi connectivity index (χ4n) is 1.45. The van der Waals surface area contributed by atoms with E-state index >= 15 is 0 Å². The van der Waals surface area contributed by atoms with E-state index in [1.165, 1.54) is 17.7 Å². The van der Waals surface area contributed by atoms with Gasteiger partial charge in [0, 0.05) is 17.1 Å². The van der Waals surface area contributed by atoms with Gasteiger partial charge in [0.2, 0.25) is 0 Å². The summed E-state index contributed by atoms with van der Waals surface area (Å²) in [4.78, 5) is 5.44. The monoisotopic (exact) mass is 198 g/mol. The van der Waals surface area contributed by atoms with Gasteiger partial charge in [-0.15, -0.1) is 11.3 Å². The second kappa shape index (κ2) is 4.72. The smallest absolute Gasteiger partial charge is 0.0897 e. The minimum absolute atomic E-state index is 0.172. The Morgan fingerprint density at radius 3 is 2.77 bits per heavy atom. The third-order valence-electron chi connectivity index (χ3n) is 2.32. The molecule has 0 aliphatic carbocycles. The van der Waals surface area contributed by atoms with E-state index in [0.717, 1.165) is 5.01 Å². The first-order valence-electron chi connectivity index (χ1n) is 4.83. The zero-order valence-corrected chi connectivity index (χ0v) is 9.40. The minimum Gasteiger partial charge on any atom is -0.323 e. The van der Waals surface area contributed by atoms with Gasteiger partial charge in [-0.05, 0) is 19.3 Å². The van der Waals surface area contributed by atoms with E-state index in [1.807, 2.05) is 13.1 Å². The highest BCUT2D eigenvalue weighted by atomic mass is 32.1. The van der Waals surface area contributed by atoms with E-state index in [9.17, 15) is 0 Å². The van der Waals surface area contributed by atoms with Gasteiger partial charge in [0.1, 0.15) is 0 Å². The molecular weight excluding hydrogens is 180 g/mol. The third kappa shape index (κ3) is 2.78. The Morgan fingerprint density at radius 2 is 2.31 bits per heavy atom. The van der Waals surface area contributed by atoms with Crippen LogP contribution in [0, 0.1) is 12.8 Å². The summed E-state index contributed by atoms with van der Waals surface area (Å²) in [5.41, 5.74) is 6.11. The molecule has 1 heterocycles. The molecule has 0 radical (unpaired) electrons. The molecule has 2 unspecified atom stereocenters. The summed E-state index contributed by atoms with van der Waals surface area (Å²) in [5.74, 6) is 0.560. The van der Waals surface area contributed by atoms with Crippen molar-refractivity contribution in [3.8, 4) is 0 Å². The predicted molar refractivity (Wildman–Crippen MR) is 57.9 cm³/mol. The van der Waals surface area contributed by atoms with Gasteiger partial charge in [-0.3, -0.25) is 0 Å². The largest absolute Gasteiger partial charge is 0.323 e. The molecule has 0 aromatic carbocycles. The fraction of sp³-hybridized carbons (Fsp3) is 0.700. The average molecular weight is 198 g/mol. The normalized spacial score (nSPS) is 15.7. The molecule has 2 N–H and O–H groups in total. The standard InChI is InChI=1S/C10H18N2S/c1-4-5-7(2)10(11)9-6-12-8(3)13-9/h6-7,10H,4-5,11H2,1-3H3. The Balaban J connectivity index is 2.61. The van der Waals surface area contributed by atoms with Gasteiger partial charge in [0.15, 0.2) is 0 Å². The van der Waals surface area contributed by atoms with Crippen molar-refractivity contribution in [3.05, 3.63) is 16.1 Å². The van der Waals surface area contributed by atoms with Crippen molar-refractivity contribution in [1.29, 1.82) is 0 Å². The molecule has 1 aromatic heterocycles. The zero-order valence-electron chi connectivity index (χ0n) is 8.58. The van der Waals surface area contributed by atoms with E-state index in [2.05, 4.69) is 18.8 Å². The zero-order chi connectivity index (χ0) is 9.84. The molecule has 1 aromatic rings. The second-order valence-corrected chi connectivity index (χ2v) is 4.84. The predicted octanol–water partition coefficient (Wildman–Crippen LogP) is 2.89. The first kappa shape index (κ1) is 10.7. The van der Waals surface area contributed by atoms with Crippen molar-refractivity contribution in [1.82, 2.24) is 4.98 Å². The molecule has 2 nitrogen and oxygen atoms in total. The minimum atomic E-state index is 0.172. The maximum atomic E-state index is 6.11. The molecule has 0 aliphatic heterocycles. The van der Waals surface area contributed by atoms with Crippen molar-refractivity contribution in [2.24, 2.45) is 11.7 Å². The molecule has 0 saturated heterocycles. The van der Waals surface area contributed by atoms with E-state index in [1.54, 1.807) is 11.3 Å². The number of hydrogen-bond donors (Lipinski definition) is 1. The van der Waals surface area contributed by atoms with Crippen LogP contribution in [0.2, 0.25) is 0 Å². The Labute approximate surface area is 84.2 Å². The molecule has 2 atom stereocenters. The Bertz CT molecular complexity index is 257. The van der Waals surface area contributed by atoms with Gasteiger partial charge >= 0.3 is 0 Å². The maximum absolute atomic E-state index is 6.11. The van der Waals surface area contributed by atoms with Crippen molar-refractivity contribution < 1.29 is 0 Å². The third-order valence-corrected chi connectivity index (χ3v) is 3.34. The first-order chi connectivity index (χ1) is 6.15. The Morgan fingerprint density at radius 1 is 1.62 bits per heavy atom. The van der Waals surface area contributed by atoms with Crippen LogP contribution in [0.5, 0.6) is 0 Å². The van der Waals surface area contributed by atoms with Crippen molar-refractivity contribution in [3.63, 3.8) is 0 Å². The number of thiazole rings is 1.